The Morgan fingerprint density at radius 1 is 0.250 bits per heavy atom. The van der Waals surface area contributed by atoms with Crippen LogP contribution in [0.3, 0.4) is 0 Å². The minimum absolute atomic E-state index is 0. The summed E-state index contributed by atoms with van der Waals surface area (Å²) in [6, 6.07) is 0. The van der Waals surface area contributed by atoms with Crippen LogP contribution < -0.4 is 0 Å². The summed E-state index contributed by atoms with van der Waals surface area (Å²) in [6.07, 6.45) is 0. The van der Waals surface area contributed by atoms with Gasteiger partial charge in [0.25, 0.3) is 0 Å². The minimum Gasteiger partial charge on any atom is -0.412 e. The summed E-state index contributed by atoms with van der Waals surface area (Å²) in [4.78, 5) is 0. The third kappa shape index (κ3) is 282. The smallest absolute Gasteiger partial charge is 0 e. The van der Waals surface area contributed by atoms with E-state index in [-0.39, 0.29) is 70.0 Å². The van der Waals surface area contributed by atoms with Crippen LogP contribution >= 0.6 is 0 Å². The Balaban J connectivity index is 0. The maximum absolute atomic E-state index is 0. The number of rotatable bonds is 0. The fourth-order valence-electron chi connectivity index (χ4n) is 0. The van der Waals surface area contributed by atoms with Crippen LogP contribution in [0.2, 0.25) is 0 Å². The third-order valence-corrected chi connectivity index (χ3v) is 0. The molecule has 0 amide bonds. The van der Waals surface area contributed by atoms with E-state index in [4.69, 9.17) is 0 Å². The third-order valence-electron chi connectivity index (χ3n) is 0. The molecule has 6 nitrogen and oxygen atoms in total. The molecule has 2 radical (unpaired) electrons. The summed E-state index contributed by atoms with van der Waals surface area (Å²) >= 11 is 0. The molecule has 8 heavy (non-hydrogen) atoms. The molecule has 12 N–H and O–H groups in total. The second-order valence-electron chi connectivity index (χ2n) is 0. The first-order valence-corrected chi connectivity index (χ1v) is 0. The van der Waals surface area contributed by atoms with Gasteiger partial charge in [-0.2, -0.15) is 0 Å². The summed E-state index contributed by atoms with van der Waals surface area (Å²) < 4.78 is 0. The zero-order valence-electron chi connectivity index (χ0n) is 3.89. The zero-order chi connectivity index (χ0) is 0. The van der Waals surface area contributed by atoms with Gasteiger partial charge in [-0.25, -0.2) is 0 Å². The molecule has 0 unspecified atom stereocenters. The van der Waals surface area contributed by atoms with E-state index >= 15 is 0 Å². The second-order valence-corrected chi connectivity index (χ2v) is 0. The van der Waals surface area contributed by atoms with Crippen molar-refractivity contribution in [3.05, 3.63) is 0 Å². The van der Waals surface area contributed by atoms with Gasteiger partial charge in [-0.15, -0.1) is 0 Å². The molecular formula is H12O6V2. The zero-order valence-corrected chi connectivity index (χ0v) is 6.69. The van der Waals surface area contributed by atoms with Gasteiger partial charge in [0.05, 0.1) is 0 Å². The van der Waals surface area contributed by atoms with Crippen LogP contribution in [-0.2, 0) is 37.1 Å². The van der Waals surface area contributed by atoms with Crippen molar-refractivity contribution in [2.45, 2.75) is 0 Å². The predicted molar refractivity (Wildman–Crippen MR) is 21.7 cm³/mol. The van der Waals surface area contributed by atoms with Crippen LogP contribution in [0.1, 0.15) is 0 Å². The predicted octanol–water partition coefficient (Wildman–Crippen LogP) is -4.95. The molecular weight excluding hydrogens is 198 g/mol. The maximum Gasteiger partial charge on any atom is 0 e. The summed E-state index contributed by atoms with van der Waals surface area (Å²) in [5.41, 5.74) is 0. The van der Waals surface area contributed by atoms with Crippen LogP contribution in [0.4, 0.5) is 0 Å². The minimum atomic E-state index is 0. The Bertz CT molecular complexity index is 6.49. The van der Waals surface area contributed by atoms with Gasteiger partial charge in [0.2, 0.25) is 0 Å². The van der Waals surface area contributed by atoms with Crippen LogP contribution in [-0.4, -0.2) is 32.9 Å². The van der Waals surface area contributed by atoms with E-state index in [1.54, 1.807) is 0 Å². The van der Waals surface area contributed by atoms with Crippen LogP contribution in [0, 0.1) is 0 Å². The van der Waals surface area contributed by atoms with Crippen molar-refractivity contribution in [3.8, 4) is 0 Å². The molecule has 8 heteroatoms. The van der Waals surface area contributed by atoms with Crippen molar-refractivity contribution in [1.29, 1.82) is 0 Å². The van der Waals surface area contributed by atoms with Gasteiger partial charge >= 0.3 is 0 Å². The van der Waals surface area contributed by atoms with Crippen molar-refractivity contribution < 1.29 is 70.0 Å². The molecule has 0 aliphatic rings. The normalized spacial score (nSPS) is 0. The van der Waals surface area contributed by atoms with Gasteiger partial charge in [0.15, 0.2) is 0 Å². The molecule has 0 atom stereocenters. The van der Waals surface area contributed by atoms with Crippen LogP contribution in [0.25, 0.3) is 0 Å². The molecule has 0 aliphatic heterocycles. The van der Waals surface area contributed by atoms with E-state index < -0.39 is 0 Å². The Kier molecular flexibility index (Phi) is 35900. The first-order valence-electron chi connectivity index (χ1n) is 0. The SMILES string of the molecule is O.O.O.O.O.O.[V].[V]. The van der Waals surface area contributed by atoms with E-state index in [1.165, 1.54) is 0 Å². The van der Waals surface area contributed by atoms with Crippen molar-refractivity contribution in [3.63, 3.8) is 0 Å². The van der Waals surface area contributed by atoms with Gasteiger partial charge in [-0.3, -0.25) is 0 Å². The van der Waals surface area contributed by atoms with Gasteiger partial charge in [-0.05, 0) is 0 Å². The van der Waals surface area contributed by atoms with E-state index in [1.807, 2.05) is 0 Å². The van der Waals surface area contributed by atoms with Gasteiger partial charge in [-0.1, -0.05) is 0 Å². The van der Waals surface area contributed by atoms with Crippen molar-refractivity contribution in [2.75, 3.05) is 0 Å². The fourth-order valence-corrected chi connectivity index (χ4v) is 0. The second kappa shape index (κ2) is 441. The van der Waals surface area contributed by atoms with E-state index in [0.29, 0.717) is 0 Å². The van der Waals surface area contributed by atoms with E-state index in [0.717, 1.165) is 0 Å². The molecule has 0 spiro atoms. The average molecular weight is 210 g/mol. The topological polar surface area (TPSA) is 189 Å². The van der Waals surface area contributed by atoms with Crippen molar-refractivity contribution >= 4 is 0 Å². The Hall–Kier alpha value is 0.929. The fraction of sp³-hybridized carbons (Fsp3) is 0. The summed E-state index contributed by atoms with van der Waals surface area (Å²) in [6.45, 7) is 0. The molecule has 0 aromatic rings. The summed E-state index contributed by atoms with van der Waals surface area (Å²) in [5, 5.41) is 0. The standard InChI is InChI=1S/6H2O.2V/h6*1H2;;. The van der Waals surface area contributed by atoms with Crippen LogP contribution in [0.5, 0.6) is 0 Å². The molecule has 0 aromatic carbocycles. The van der Waals surface area contributed by atoms with Crippen LogP contribution in [0.15, 0.2) is 0 Å². The molecule has 58 valence electrons. The Morgan fingerprint density at radius 3 is 0.250 bits per heavy atom. The maximum atomic E-state index is 0. The Morgan fingerprint density at radius 2 is 0.250 bits per heavy atom. The van der Waals surface area contributed by atoms with Crippen molar-refractivity contribution in [1.82, 2.24) is 0 Å². The van der Waals surface area contributed by atoms with Gasteiger partial charge in [0, 0.05) is 37.1 Å². The molecule has 0 fully saturated rings. The van der Waals surface area contributed by atoms with Crippen molar-refractivity contribution in [2.24, 2.45) is 0 Å². The van der Waals surface area contributed by atoms with Gasteiger partial charge in [0.1, 0.15) is 0 Å². The molecule has 0 bridgehead atoms. The van der Waals surface area contributed by atoms with Gasteiger partial charge < -0.3 is 32.9 Å². The summed E-state index contributed by atoms with van der Waals surface area (Å²) in [5.74, 6) is 0. The summed E-state index contributed by atoms with van der Waals surface area (Å²) in [7, 11) is 0. The first kappa shape index (κ1) is 651. The first-order chi connectivity index (χ1) is 0. The number of hydrogen-bond donors (Lipinski definition) is 0. The average Bonchev–Trinajstić information content (AvgIpc) is 0. The quantitative estimate of drug-likeness (QED) is 0.370. The largest absolute Gasteiger partial charge is 0.412 e. The molecule has 0 heterocycles. The molecule has 0 rings (SSSR count). The molecule has 0 aliphatic carbocycles. The van der Waals surface area contributed by atoms with E-state index in [9.17, 15) is 0 Å². The molecule has 0 saturated heterocycles. The monoisotopic (exact) mass is 210 g/mol. The number of hydrogen-bond acceptors (Lipinski definition) is 0. The molecule has 0 saturated carbocycles. The molecule has 0 aromatic heterocycles. The Labute approximate surface area is 70.3 Å². The van der Waals surface area contributed by atoms with E-state index in [2.05, 4.69) is 0 Å².